The quantitative estimate of drug-likeness (QED) is 0.837. The summed E-state index contributed by atoms with van der Waals surface area (Å²) in [5, 5.41) is 5.81. The van der Waals surface area contributed by atoms with E-state index in [9.17, 15) is 4.79 Å². The summed E-state index contributed by atoms with van der Waals surface area (Å²) in [6.07, 6.45) is 0.272. The Bertz CT molecular complexity index is 664. The van der Waals surface area contributed by atoms with Crippen molar-refractivity contribution in [2.45, 2.75) is 46.1 Å². The minimum absolute atomic E-state index is 0.0481. The first-order valence-electron chi connectivity index (χ1n) is 7.97. The van der Waals surface area contributed by atoms with Gasteiger partial charge in [-0.1, -0.05) is 45.9 Å². The van der Waals surface area contributed by atoms with Crippen LogP contribution in [0.2, 0.25) is 0 Å². The molecule has 0 aliphatic carbocycles. The second kappa shape index (κ2) is 7.70. The van der Waals surface area contributed by atoms with Gasteiger partial charge in [0.1, 0.15) is 5.01 Å². The number of nitrogens with one attached hydrogen (secondary N) is 1. The van der Waals surface area contributed by atoms with Gasteiger partial charge in [-0.05, 0) is 23.5 Å². The molecule has 1 heterocycles. The third kappa shape index (κ3) is 4.62. The van der Waals surface area contributed by atoms with Gasteiger partial charge in [0.05, 0.1) is 18.2 Å². The topological polar surface area (TPSA) is 68.0 Å². The van der Waals surface area contributed by atoms with Crippen LogP contribution in [0.3, 0.4) is 0 Å². The molecule has 0 spiro atoms. The highest BCUT2D eigenvalue weighted by Gasteiger charge is 2.16. The van der Waals surface area contributed by atoms with Gasteiger partial charge in [-0.2, -0.15) is 0 Å². The molecular formula is C18H25N3OS. The average molecular weight is 331 g/mol. The number of thiazole rings is 1. The Morgan fingerprint density at radius 3 is 2.61 bits per heavy atom. The number of amides is 1. The van der Waals surface area contributed by atoms with Crippen molar-refractivity contribution < 1.29 is 4.79 Å². The average Bonchev–Trinajstić information content (AvgIpc) is 2.94. The first-order valence-corrected chi connectivity index (χ1v) is 8.85. The summed E-state index contributed by atoms with van der Waals surface area (Å²) < 4.78 is 0. The van der Waals surface area contributed by atoms with Crippen molar-refractivity contribution in [3.63, 3.8) is 0 Å². The van der Waals surface area contributed by atoms with Crippen LogP contribution in [0.15, 0.2) is 29.6 Å². The van der Waals surface area contributed by atoms with E-state index in [1.54, 1.807) is 0 Å². The Labute approximate surface area is 142 Å². The van der Waals surface area contributed by atoms with Crippen molar-refractivity contribution in [3.8, 4) is 0 Å². The minimum atomic E-state index is -0.0709. The Balaban J connectivity index is 2.03. The summed E-state index contributed by atoms with van der Waals surface area (Å²) >= 11 is 1.53. The number of rotatable bonds is 6. The number of para-hydroxylation sites is 1. The number of hydrogen-bond acceptors (Lipinski definition) is 4. The third-order valence-electron chi connectivity index (χ3n) is 3.77. The lowest BCUT2D eigenvalue weighted by molar-refractivity contribution is -0.115. The van der Waals surface area contributed by atoms with Crippen LogP contribution in [0.5, 0.6) is 0 Å². The first kappa shape index (κ1) is 17.6. The van der Waals surface area contributed by atoms with E-state index in [2.05, 4.69) is 38.0 Å². The molecule has 0 radical (unpaired) electrons. The molecule has 0 saturated heterocycles. The summed E-state index contributed by atoms with van der Waals surface area (Å²) in [6.45, 7) is 8.37. The van der Waals surface area contributed by atoms with Gasteiger partial charge in [-0.15, -0.1) is 11.3 Å². The molecule has 1 atom stereocenters. The van der Waals surface area contributed by atoms with Crippen LogP contribution >= 0.6 is 11.3 Å². The fourth-order valence-electron chi connectivity index (χ4n) is 2.32. The highest BCUT2D eigenvalue weighted by Crippen LogP contribution is 2.25. The van der Waals surface area contributed by atoms with Crippen molar-refractivity contribution in [1.82, 2.24) is 4.98 Å². The maximum absolute atomic E-state index is 12.3. The standard InChI is InChI=1S/C18H25N3OS/c1-11(2)14-7-5-6-8-15(14)21-16(22)9-13-10-23-18(20-13)17(19)12(3)4/h5-8,10-12,17H,9,19H2,1-4H3,(H,21,22). The van der Waals surface area contributed by atoms with E-state index >= 15 is 0 Å². The fraction of sp³-hybridized carbons (Fsp3) is 0.444. The molecule has 5 heteroatoms. The Kier molecular flexibility index (Phi) is 5.91. The molecule has 1 aromatic carbocycles. The van der Waals surface area contributed by atoms with E-state index in [1.807, 2.05) is 29.6 Å². The zero-order valence-corrected chi connectivity index (χ0v) is 15.0. The first-order chi connectivity index (χ1) is 10.9. The van der Waals surface area contributed by atoms with Crippen LogP contribution in [0.1, 0.15) is 55.9 Å². The fourth-order valence-corrected chi connectivity index (χ4v) is 3.31. The molecule has 2 rings (SSSR count). The van der Waals surface area contributed by atoms with Gasteiger partial charge < -0.3 is 11.1 Å². The number of carbonyl (C=O) groups excluding carboxylic acids is 1. The molecule has 0 bridgehead atoms. The molecule has 0 aliphatic heterocycles. The molecule has 1 unspecified atom stereocenters. The zero-order chi connectivity index (χ0) is 17.0. The van der Waals surface area contributed by atoms with Gasteiger partial charge in [0, 0.05) is 11.1 Å². The minimum Gasteiger partial charge on any atom is -0.325 e. The lowest BCUT2D eigenvalue weighted by atomic mass is 10.0. The molecule has 1 aromatic heterocycles. The zero-order valence-electron chi connectivity index (χ0n) is 14.2. The molecule has 0 aliphatic rings. The second-order valence-corrected chi connectivity index (χ2v) is 7.30. The summed E-state index contributed by atoms with van der Waals surface area (Å²) in [5.74, 6) is 0.648. The molecule has 2 aromatic rings. The van der Waals surface area contributed by atoms with E-state index in [1.165, 1.54) is 11.3 Å². The van der Waals surface area contributed by atoms with Gasteiger partial charge in [-0.25, -0.2) is 4.98 Å². The molecule has 3 N–H and O–H groups in total. The van der Waals surface area contributed by atoms with Gasteiger partial charge in [0.15, 0.2) is 0 Å². The normalized spacial score (nSPS) is 12.7. The lowest BCUT2D eigenvalue weighted by Gasteiger charge is -2.13. The van der Waals surface area contributed by atoms with Crippen molar-refractivity contribution in [3.05, 3.63) is 45.9 Å². The van der Waals surface area contributed by atoms with Crippen LogP contribution < -0.4 is 11.1 Å². The van der Waals surface area contributed by atoms with Crippen LogP contribution in [0.4, 0.5) is 5.69 Å². The maximum atomic E-state index is 12.3. The number of carbonyl (C=O) groups is 1. The number of aromatic nitrogens is 1. The van der Waals surface area contributed by atoms with E-state index in [0.717, 1.165) is 22.0 Å². The smallest absolute Gasteiger partial charge is 0.230 e. The number of hydrogen-bond donors (Lipinski definition) is 2. The molecule has 1 amide bonds. The molecule has 23 heavy (non-hydrogen) atoms. The van der Waals surface area contributed by atoms with Gasteiger partial charge in [0.2, 0.25) is 5.91 Å². The van der Waals surface area contributed by atoms with Crippen LogP contribution in [0, 0.1) is 5.92 Å². The predicted molar refractivity (Wildman–Crippen MR) is 96.7 cm³/mol. The summed E-state index contributed by atoms with van der Waals surface area (Å²) in [5.41, 5.74) is 8.90. The number of benzene rings is 1. The highest BCUT2D eigenvalue weighted by atomic mass is 32.1. The van der Waals surface area contributed by atoms with Crippen molar-refractivity contribution in [2.75, 3.05) is 5.32 Å². The van der Waals surface area contributed by atoms with Crippen LogP contribution in [-0.4, -0.2) is 10.9 Å². The lowest BCUT2D eigenvalue weighted by Crippen LogP contribution is -2.18. The molecule has 0 fully saturated rings. The molecule has 0 saturated carbocycles. The Hall–Kier alpha value is -1.72. The van der Waals surface area contributed by atoms with E-state index in [-0.39, 0.29) is 18.4 Å². The van der Waals surface area contributed by atoms with E-state index in [0.29, 0.717) is 11.8 Å². The molecular weight excluding hydrogens is 306 g/mol. The van der Waals surface area contributed by atoms with Crippen LogP contribution in [-0.2, 0) is 11.2 Å². The van der Waals surface area contributed by atoms with E-state index in [4.69, 9.17) is 5.73 Å². The van der Waals surface area contributed by atoms with Crippen molar-refractivity contribution >= 4 is 22.9 Å². The van der Waals surface area contributed by atoms with Crippen molar-refractivity contribution in [1.29, 1.82) is 0 Å². The Morgan fingerprint density at radius 2 is 1.96 bits per heavy atom. The number of nitrogens with zero attached hydrogens (tertiary/aromatic N) is 1. The maximum Gasteiger partial charge on any atom is 0.230 e. The second-order valence-electron chi connectivity index (χ2n) is 6.41. The molecule has 124 valence electrons. The predicted octanol–water partition coefficient (Wildman–Crippen LogP) is 4.10. The Morgan fingerprint density at radius 1 is 1.26 bits per heavy atom. The molecule has 4 nitrogen and oxygen atoms in total. The van der Waals surface area contributed by atoms with Gasteiger partial charge >= 0.3 is 0 Å². The van der Waals surface area contributed by atoms with Gasteiger partial charge in [0.25, 0.3) is 0 Å². The third-order valence-corrected chi connectivity index (χ3v) is 4.77. The van der Waals surface area contributed by atoms with Gasteiger partial charge in [-0.3, -0.25) is 4.79 Å². The number of nitrogens with two attached hydrogens (primary N) is 1. The summed E-state index contributed by atoms with van der Waals surface area (Å²) in [6, 6.07) is 7.84. The monoisotopic (exact) mass is 331 g/mol. The SMILES string of the molecule is CC(C)c1ccccc1NC(=O)Cc1csc(C(N)C(C)C)n1. The summed E-state index contributed by atoms with van der Waals surface area (Å²) in [7, 11) is 0. The van der Waals surface area contributed by atoms with Crippen LogP contribution in [0.25, 0.3) is 0 Å². The highest BCUT2D eigenvalue weighted by molar-refractivity contribution is 7.09. The largest absolute Gasteiger partial charge is 0.325 e. The number of anilines is 1. The van der Waals surface area contributed by atoms with Crippen molar-refractivity contribution in [2.24, 2.45) is 11.7 Å². The summed E-state index contributed by atoms with van der Waals surface area (Å²) in [4.78, 5) is 16.8. The van der Waals surface area contributed by atoms with E-state index < -0.39 is 0 Å².